The fourth-order valence-corrected chi connectivity index (χ4v) is 4.35. The lowest BCUT2D eigenvalue weighted by molar-refractivity contribution is -0.903. The maximum absolute atomic E-state index is 6.01. The minimum absolute atomic E-state index is 0.731. The van der Waals surface area contributed by atoms with Crippen molar-refractivity contribution in [2.75, 3.05) is 31.9 Å². The summed E-state index contributed by atoms with van der Waals surface area (Å²) in [7, 11) is 0.665. The van der Waals surface area contributed by atoms with Crippen LogP contribution in [-0.2, 0) is 4.74 Å². The molecule has 1 saturated heterocycles. The highest BCUT2D eigenvalue weighted by molar-refractivity contribution is 6.82. The molecule has 1 heterocycles. The van der Waals surface area contributed by atoms with E-state index < -0.39 is 8.07 Å². The zero-order valence-corrected chi connectivity index (χ0v) is 11.4. The highest BCUT2D eigenvalue weighted by Gasteiger charge is 2.34. The molecule has 0 aromatic carbocycles. The predicted octanol–water partition coefficient (Wildman–Crippen LogP) is 0.706. The number of rotatable bonds is 5. The van der Waals surface area contributed by atoms with Gasteiger partial charge in [0.1, 0.15) is 14.1 Å². The maximum Gasteiger partial charge on any atom is 0.128 e. The van der Waals surface area contributed by atoms with Gasteiger partial charge < -0.3 is 9.64 Å². The van der Waals surface area contributed by atoms with Gasteiger partial charge in [-0.05, 0) is 0 Å². The molecule has 0 radical (unpaired) electrons. The fraction of sp³-hybridized carbons (Fsp3) is 1.00. The van der Waals surface area contributed by atoms with Crippen LogP contribution in [0.3, 0.4) is 0 Å². The second kappa shape index (κ2) is 5.49. The van der Waals surface area contributed by atoms with Crippen molar-refractivity contribution in [3.8, 4) is 0 Å². The monoisotopic (exact) mass is 236 g/mol. The van der Waals surface area contributed by atoms with Crippen molar-refractivity contribution in [3.63, 3.8) is 0 Å². The molecular formula is C10H23ClNOSi+. The van der Waals surface area contributed by atoms with E-state index in [1.165, 1.54) is 25.6 Å². The van der Waals surface area contributed by atoms with Gasteiger partial charge in [-0.3, -0.25) is 0 Å². The van der Waals surface area contributed by atoms with Crippen LogP contribution in [0.2, 0.25) is 13.1 Å². The maximum atomic E-state index is 6.01. The van der Waals surface area contributed by atoms with Crippen molar-refractivity contribution in [2.45, 2.75) is 32.0 Å². The van der Waals surface area contributed by atoms with E-state index in [1.54, 1.807) is 12.0 Å². The summed E-state index contributed by atoms with van der Waals surface area (Å²) in [6.07, 6.45) is 4.00. The number of ether oxygens (including phenoxy) is 1. The van der Waals surface area contributed by atoms with Gasteiger partial charge in [-0.15, -0.1) is 11.6 Å². The molecule has 14 heavy (non-hydrogen) atoms. The Balaban J connectivity index is 2.42. The summed E-state index contributed by atoms with van der Waals surface area (Å²) in [5.74, 6) is 0. The predicted molar refractivity (Wildman–Crippen MR) is 63.8 cm³/mol. The molecule has 0 aliphatic carbocycles. The SMILES string of the molecule is COC[C@@H]1CCC[NH+]1C[Si](C)(C)CCl. The fourth-order valence-electron chi connectivity index (χ4n) is 2.28. The third kappa shape index (κ3) is 3.53. The van der Waals surface area contributed by atoms with E-state index in [0.29, 0.717) is 0 Å². The Labute approximate surface area is 93.6 Å². The van der Waals surface area contributed by atoms with Gasteiger partial charge in [0.25, 0.3) is 0 Å². The minimum atomic E-state index is -1.14. The molecular weight excluding hydrogens is 214 g/mol. The Bertz CT molecular complexity index is 178. The molecule has 2 atom stereocenters. The van der Waals surface area contributed by atoms with Crippen molar-refractivity contribution in [3.05, 3.63) is 0 Å². The minimum Gasteiger partial charge on any atom is -0.379 e. The molecule has 1 fully saturated rings. The summed E-state index contributed by atoms with van der Waals surface area (Å²) < 4.78 is 5.27. The van der Waals surface area contributed by atoms with Gasteiger partial charge in [0.2, 0.25) is 0 Å². The normalized spacial score (nSPS) is 28.3. The molecule has 1 rings (SSSR count). The van der Waals surface area contributed by atoms with Crippen molar-refractivity contribution in [1.82, 2.24) is 0 Å². The molecule has 0 aromatic rings. The van der Waals surface area contributed by atoms with Crippen LogP contribution in [-0.4, -0.2) is 46.0 Å². The van der Waals surface area contributed by atoms with Gasteiger partial charge in [0.15, 0.2) is 0 Å². The summed E-state index contributed by atoms with van der Waals surface area (Å²) in [6, 6.07) is 0.731. The lowest BCUT2D eigenvalue weighted by Gasteiger charge is -2.28. The van der Waals surface area contributed by atoms with Gasteiger partial charge in [-0.1, -0.05) is 13.1 Å². The van der Waals surface area contributed by atoms with E-state index >= 15 is 0 Å². The van der Waals surface area contributed by atoms with E-state index in [-0.39, 0.29) is 0 Å². The molecule has 4 heteroatoms. The lowest BCUT2D eigenvalue weighted by atomic mass is 10.2. The molecule has 0 bridgehead atoms. The Morgan fingerprint density at radius 1 is 1.50 bits per heavy atom. The van der Waals surface area contributed by atoms with Crippen molar-refractivity contribution in [1.29, 1.82) is 0 Å². The molecule has 0 amide bonds. The van der Waals surface area contributed by atoms with Crippen LogP contribution in [0, 0.1) is 0 Å². The molecule has 1 N–H and O–H groups in total. The van der Waals surface area contributed by atoms with Gasteiger partial charge in [-0.2, -0.15) is 0 Å². The van der Waals surface area contributed by atoms with Gasteiger partial charge >= 0.3 is 0 Å². The number of hydrogen-bond acceptors (Lipinski definition) is 1. The number of hydrogen-bond donors (Lipinski definition) is 1. The van der Waals surface area contributed by atoms with Crippen molar-refractivity contribution >= 4 is 19.7 Å². The molecule has 1 unspecified atom stereocenters. The van der Waals surface area contributed by atoms with Crippen LogP contribution >= 0.6 is 11.6 Å². The van der Waals surface area contributed by atoms with Crippen molar-refractivity contribution < 1.29 is 9.64 Å². The Morgan fingerprint density at radius 2 is 2.21 bits per heavy atom. The average molecular weight is 237 g/mol. The van der Waals surface area contributed by atoms with Crippen LogP contribution in [0.25, 0.3) is 0 Å². The second-order valence-electron chi connectivity index (χ2n) is 5.18. The number of nitrogens with one attached hydrogen (secondary N) is 1. The molecule has 1 aliphatic rings. The molecule has 0 aromatic heterocycles. The third-order valence-electron chi connectivity index (χ3n) is 3.06. The lowest BCUT2D eigenvalue weighted by Crippen LogP contribution is -3.16. The number of halogens is 1. The largest absolute Gasteiger partial charge is 0.379 e. The van der Waals surface area contributed by atoms with Crippen LogP contribution in [0.5, 0.6) is 0 Å². The molecule has 2 nitrogen and oxygen atoms in total. The standard InChI is InChI=1S/C10H22ClNOSi/c1-13-7-10-5-4-6-12(10)9-14(2,3)8-11/h10H,4-9H2,1-3H3/p+1/t10-/m0/s1. The number of likely N-dealkylation sites (tertiary alicyclic amines) is 1. The number of quaternary nitrogens is 1. The molecule has 84 valence electrons. The Hall–Kier alpha value is 0.427. The first kappa shape index (κ1) is 12.5. The van der Waals surface area contributed by atoms with Crippen LogP contribution in [0.15, 0.2) is 0 Å². The van der Waals surface area contributed by atoms with E-state index in [1.807, 2.05) is 0 Å². The van der Waals surface area contributed by atoms with E-state index in [4.69, 9.17) is 16.3 Å². The van der Waals surface area contributed by atoms with Crippen LogP contribution < -0.4 is 4.90 Å². The first-order valence-corrected chi connectivity index (χ1v) is 9.43. The van der Waals surface area contributed by atoms with Crippen LogP contribution in [0.1, 0.15) is 12.8 Å². The van der Waals surface area contributed by atoms with Gasteiger partial charge in [0.05, 0.1) is 19.3 Å². The number of methoxy groups -OCH3 is 1. The topological polar surface area (TPSA) is 13.7 Å². The first-order valence-electron chi connectivity index (χ1n) is 5.48. The second-order valence-corrected chi connectivity index (χ2v) is 10.9. The summed E-state index contributed by atoms with van der Waals surface area (Å²) in [6.45, 7) is 7.01. The zero-order chi connectivity index (χ0) is 10.6. The summed E-state index contributed by atoms with van der Waals surface area (Å²) >= 11 is 6.01. The van der Waals surface area contributed by atoms with E-state index in [0.717, 1.165) is 18.2 Å². The summed E-state index contributed by atoms with van der Waals surface area (Å²) in [4.78, 5) is 1.74. The van der Waals surface area contributed by atoms with Gasteiger partial charge in [-0.25, -0.2) is 0 Å². The third-order valence-corrected chi connectivity index (χ3v) is 7.37. The molecule has 0 spiro atoms. The Morgan fingerprint density at radius 3 is 2.79 bits per heavy atom. The summed E-state index contributed by atoms with van der Waals surface area (Å²) in [5, 5.41) is 0. The molecule has 0 saturated carbocycles. The van der Waals surface area contributed by atoms with E-state index in [9.17, 15) is 0 Å². The van der Waals surface area contributed by atoms with Crippen LogP contribution in [0.4, 0.5) is 0 Å². The highest BCUT2D eigenvalue weighted by Crippen LogP contribution is 2.05. The quantitative estimate of drug-likeness (QED) is 0.548. The smallest absolute Gasteiger partial charge is 0.128 e. The van der Waals surface area contributed by atoms with Crippen molar-refractivity contribution in [2.24, 2.45) is 0 Å². The first-order chi connectivity index (χ1) is 6.59. The van der Waals surface area contributed by atoms with E-state index in [2.05, 4.69) is 13.1 Å². The average Bonchev–Trinajstić information content (AvgIpc) is 2.53. The number of alkyl halides is 1. The molecule has 1 aliphatic heterocycles. The van der Waals surface area contributed by atoms with Gasteiger partial charge in [0, 0.05) is 25.5 Å². The summed E-state index contributed by atoms with van der Waals surface area (Å²) in [5.41, 5.74) is 0.885. The zero-order valence-electron chi connectivity index (χ0n) is 9.61. The highest BCUT2D eigenvalue weighted by atomic mass is 35.5. The Kier molecular flexibility index (Phi) is 4.90.